The fraction of sp³-hybridized carbons (Fsp3) is 0.143. The molecule has 136 valence electrons. The number of fused-ring (bicyclic) bond motifs is 2. The normalized spacial score (nSPS) is 13.4. The fourth-order valence-electron chi connectivity index (χ4n) is 3.72. The summed E-state index contributed by atoms with van der Waals surface area (Å²) in [5.74, 6) is 1.75. The van der Waals surface area contributed by atoms with Gasteiger partial charge in [-0.3, -0.25) is 4.98 Å². The average molecular weight is 387 g/mol. The maximum atomic E-state index is 9.64. The molecular weight excluding hydrogens is 372 g/mol. The van der Waals surface area contributed by atoms with Gasteiger partial charge in [0.05, 0.1) is 23.3 Å². The zero-order chi connectivity index (χ0) is 19.1. The number of nitrogens with zero attached hydrogens (tertiary/aromatic N) is 6. The molecule has 0 spiro atoms. The summed E-state index contributed by atoms with van der Waals surface area (Å²) in [5, 5.41) is 20.0. The summed E-state index contributed by atoms with van der Waals surface area (Å²) in [6.07, 6.45) is 1.63. The van der Waals surface area contributed by atoms with E-state index in [9.17, 15) is 5.26 Å². The number of nitriles is 1. The molecule has 1 aliphatic rings. The van der Waals surface area contributed by atoms with E-state index < -0.39 is 0 Å². The minimum atomic E-state index is 0.533. The Hall–Kier alpha value is -3.43. The van der Waals surface area contributed by atoms with Crippen molar-refractivity contribution in [2.45, 2.75) is 13.1 Å². The molecule has 5 rings (SSSR count). The molecule has 4 aromatic rings. The topological polar surface area (TPSA) is 70.6 Å². The second kappa shape index (κ2) is 6.63. The van der Waals surface area contributed by atoms with E-state index in [0.717, 1.165) is 46.9 Å². The summed E-state index contributed by atoms with van der Waals surface area (Å²) in [6.45, 7) is 2.05. The van der Waals surface area contributed by atoms with Crippen molar-refractivity contribution in [3.63, 3.8) is 0 Å². The molecule has 2 aromatic carbocycles. The van der Waals surface area contributed by atoms with Gasteiger partial charge in [-0.1, -0.05) is 41.9 Å². The SMILES string of the molecule is N#Cc1cnc2ccc(Cl)cc2c1N1CCn2c(nnc2-c2ccccc2)C1. The van der Waals surface area contributed by atoms with Crippen LogP contribution in [0.25, 0.3) is 22.3 Å². The van der Waals surface area contributed by atoms with Crippen LogP contribution in [-0.4, -0.2) is 26.3 Å². The van der Waals surface area contributed by atoms with E-state index in [-0.39, 0.29) is 0 Å². The van der Waals surface area contributed by atoms with Crippen LogP contribution in [0.3, 0.4) is 0 Å². The number of benzene rings is 2. The molecule has 0 bridgehead atoms. The molecule has 6 nitrogen and oxygen atoms in total. The lowest BCUT2D eigenvalue weighted by atomic mass is 10.1. The quantitative estimate of drug-likeness (QED) is 0.520. The van der Waals surface area contributed by atoms with Crippen LogP contribution < -0.4 is 4.90 Å². The van der Waals surface area contributed by atoms with Gasteiger partial charge in [-0.15, -0.1) is 10.2 Å². The molecule has 0 aliphatic carbocycles. The van der Waals surface area contributed by atoms with Crippen molar-refractivity contribution in [2.75, 3.05) is 11.4 Å². The van der Waals surface area contributed by atoms with Gasteiger partial charge in [0.2, 0.25) is 0 Å². The van der Waals surface area contributed by atoms with Crippen LogP contribution in [-0.2, 0) is 13.1 Å². The zero-order valence-corrected chi connectivity index (χ0v) is 15.6. The minimum absolute atomic E-state index is 0.533. The highest BCUT2D eigenvalue weighted by Gasteiger charge is 2.25. The molecule has 1 aliphatic heterocycles. The summed E-state index contributed by atoms with van der Waals surface area (Å²) in [5.41, 5.74) is 3.25. The van der Waals surface area contributed by atoms with E-state index >= 15 is 0 Å². The molecule has 0 saturated carbocycles. The third kappa shape index (κ3) is 2.68. The number of hydrogen-bond acceptors (Lipinski definition) is 5. The summed E-state index contributed by atoms with van der Waals surface area (Å²) < 4.78 is 2.15. The summed E-state index contributed by atoms with van der Waals surface area (Å²) >= 11 is 6.22. The van der Waals surface area contributed by atoms with Crippen LogP contribution in [0.2, 0.25) is 5.02 Å². The number of aromatic nitrogens is 4. The summed E-state index contributed by atoms with van der Waals surface area (Å²) in [7, 11) is 0. The third-order valence-corrected chi connectivity index (χ3v) is 5.26. The van der Waals surface area contributed by atoms with Gasteiger partial charge >= 0.3 is 0 Å². The maximum Gasteiger partial charge on any atom is 0.164 e. The molecule has 0 radical (unpaired) electrons. The monoisotopic (exact) mass is 386 g/mol. The van der Waals surface area contributed by atoms with Gasteiger partial charge in [-0.25, -0.2) is 0 Å². The Labute approximate surface area is 166 Å². The number of hydrogen-bond donors (Lipinski definition) is 0. The molecule has 7 heteroatoms. The highest BCUT2D eigenvalue weighted by atomic mass is 35.5. The van der Waals surface area contributed by atoms with Gasteiger partial charge in [0.15, 0.2) is 11.6 Å². The molecule has 0 atom stereocenters. The Kier molecular flexibility index (Phi) is 3.96. The second-order valence-electron chi connectivity index (χ2n) is 6.67. The Morgan fingerprint density at radius 2 is 1.89 bits per heavy atom. The van der Waals surface area contributed by atoms with Crippen molar-refractivity contribution >= 4 is 28.2 Å². The molecule has 0 N–H and O–H groups in total. The van der Waals surface area contributed by atoms with Gasteiger partial charge in [-0.05, 0) is 18.2 Å². The van der Waals surface area contributed by atoms with Gasteiger partial charge in [0, 0.05) is 35.3 Å². The number of halogens is 1. The average Bonchev–Trinajstić information content (AvgIpc) is 3.16. The largest absolute Gasteiger partial charge is 0.361 e. The van der Waals surface area contributed by atoms with Crippen molar-refractivity contribution < 1.29 is 0 Å². The highest BCUT2D eigenvalue weighted by Crippen LogP contribution is 2.34. The molecule has 0 amide bonds. The van der Waals surface area contributed by atoms with Crippen LogP contribution in [0.15, 0.2) is 54.7 Å². The van der Waals surface area contributed by atoms with E-state index in [4.69, 9.17) is 11.6 Å². The number of rotatable bonds is 2. The standard InChI is InChI=1S/C21H15ClN6/c22-16-6-7-18-17(10-16)20(15(11-23)12-24-18)27-8-9-28-19(13-27)25-26-21(28)14-4-2-1-3-5-14/h1-7,10,12H,8-9,13H2. The lowest BCUT2D eigenvalue weighted by Gasteiger charge is -2.31. The fourth-order valence-corrected chi connectivity index (χ4v) is 3.89. The molecule has 28 heavy (non-hydrogen) atoms. The Bertz CT molecular complexity index is 1230. The van der Waals surface area contributed by atoms with Crippen LogP contribution in [0.1, 0.15) is 11.4 Å². The van der Waals surface area contributed by atoms with Crippen molar-refractivity contribution in [3.05, 3.63) is 71.1 Å². The van der Waals surface area contributed by atoms with Gasteiger partial charge in [0.25, 0.3) is 0 Å². The summed E-state index contributed by atoms with van der Waals surface area (Å²) in [6, 6.07) is 17.9. The van der Waals surface area contributed by atoms with E-state index in [1.54, 1.807) is 6.20 Å². The van der Waals surface area contributed by atoms with Crippen molar-refractivity contribution in [1.82, 2.24) is 19.7 Å². The lowest BCUT2D eigenvalue weighted by Crippen LogP contribution is -2.34. The minimum Gasteiger partial charge on any atom is -0.361 e. The van der Waals surface area contributed by atoms with Crippen LogP contribution >= 0.6 is 11.6 Å². The van der Waals surface area contributed by atoms with Gasteiger partial charge in [0.1, 0.15) is 6.07 Å². The van der Waals surface area contributed by atoms with Crippen molar-refractivity contribution in [3.8, 4) is 17.5 Å². The van der Waals surface area contributed by atoms with Gasteiger partial charge < -0.3 is 9.47 Å². The first kappa shape index (κ1) is 16.7. The molecule has 3 heterocycles. The Morgan fingerprint density at radius 1 is 1.04 bits per heavy atom. The van der Waals surface area contributed by atoms with Crippen LogP contribution in [0.5, 0.6) is 0 Å². The van der Waals surface area contributed by atoms with Crippen LogP contribution in [0.4, 0.5) is 5.69 Å². The first-order valence-corrected chi connectivity index (χ1v) is 9.33. The maximum absolute atomic E-state index is 9.64. The lowest BCUT2D eigenvalue weighted by molar-refractivity contribution is 0.564. The second-order valence-corrected chi connectivity index (χ2v) is 7.11. The first-order chi connectivity index (χ1) is 13.7. The van der Waals surface area contributed by atoms with E-state index in [1.807, 2.05) is 48.5 Å². The van der Waals surface area contributed by atoms with Crippen molar-refractivity contribution in [2.24, 2.45) is 0 Å². The molecule has 0 unspecified atom stereocenters. The predicted octanol–water partition coefficient (Wildman–Crippen LogP) is 4.04. The highest BCUT2D eigenvalue weighted by molar-refractivity contribution is 6.31. The zero-order valence-electron chi connectivity index (χ0n) is 14.9. The molecular formula is C21H15ClN6. The Balaban J connectivity index is 1.58. The van der Waals surface area contributed by atoms with Crippen molar-refractivity contribution in [1.29, 1.82) is 5.26 Å². The molecule has 2 aromatic heterocycles. The van der Waals surface area contributed by atoms with E-state index in [1.165, 1.54) is 0 Å². The smallest absolute Gasteiger partial charge is 0.164 e. The number of anilines is 1. The van der Waals surface area contributed by atoms with E-state index in [2.05, 4.69) is 30.7 Å². The third-order valence-electron chi connectivity index (χ3n) is 5.02. The predicted molar refractivity (Wildman–Crippen MR) is 108 cm³/mol. The molecule has 0 fully saturated rings. The molecule has 0 saturated heterocycles. The van der Waals surface area contributed by atoms with Crippen LogP contribution in [0, 0.1) is 11.3 Å². The first-order valence-electron chi connectivity index (χ1n) is 8.95. The number of pyridine rings is 1. The Morgan fingerprint density at radius 3 is 2.71 bits per heavy atom. The van der Waals surface area contributed by atoms with Gasteiger partial charge in [-0.2, -0.15) is 5.26 Å². The van der Waals surface area contributed by atoms with E-state index in [0.29, 0.717) is 17.1 Å². The summed E-state index contributed by atoms with van der Waals surface area (Å²) in [4.78, 5) is 6.56.